The fourth-order valence-electron chi connectivity index (χ4n) is 3.88. The van der Waals surface area contributed by atoms with E-state index in [0.717, 1.165) is 5.69 Å². The maximum Gasteiger partial charge on any atom is 0.300 e. The molecule has 1 fully saturated rings. The van der Waals surface area contributed by atoms with Crippen LogP contribution in [0.1, 0.15) is 24.2 Å². The van der Waals surface area contributed by atoms with E-state index in [1.807, 2.05) is 38.1 Å². The Hall–Kier alpha value is -4.13. The molecule has 168 valence electrons. The van der Waals surface area contributed by atoms with Gasteiger partial charge in [0.05, 0.1) is 17.9 Å². The van der Waals surface area contributed by atoms with E-state index in [1.165, 1.54) is 4.90 Å². The summed E-state index contributed by atoms with van der Waals surface area (Å²) in [6.07, 6.45) is 1.60. The minimum absolute atomic E-state index is 0.0102. The van der Waals surface area contributed by atoms with Crippen molar-refractivity contribution in [3.8, 4) is 5.75 Å². The lowest BCUT2D eigenvalue weighted by Gasteiger charge is -2.25. The van der Waals surface area contributed by atoms with Crippen LogP contribution in [-0.2, 0) is 9.59 Å². The number of aliphatic hydroxyl groups is 1. The Labute approximate surface area is 192 Å². The van der Waals surface area contributed by atoms with Crippen LogP contribution in [-0.4, -0.2) is 42.5 Å². The number of Topliss-reactive ketones (excluding diaryl/α,β-unsaturated/α-hetero) is 1. The molecule has 2 heterocycles. The molecule has 1 saturated heterocycles. The molecule has 7 heteroatoms. The van der Waals surface area contributed by atoms with Gasteiger partial charge in [0, 0.05) is 37.2 Å². The quantitative estimate of drug-likeness (QED) is 0.350. The lowest BCUT2D eigenvalue weighted by atomic mass is 9.98. The monoisotopic (exact) mass is 443 g/mol. The Kier molecular flexibility index (Phi) is 6.13. The van der Waals surface area contributed by atoms with Gasteiger partial charge < -0.3 is 14.7 Å². The van der Waals surface area contributed by atoms with E-state index < -0.39 is 17.7 Å². The lowest BCUT2D eigenvalue weighted by Crippen LogP contribution is -2.29. The summed E-state index contributed by atoms with van der Waals surface area (Å²) < 4.78 is 5.53. The number of aromatic nitrogens is 1. The molecule has 3 aromatic rings. The summed E-state index contributed by atoms with van der Waals surface area (Å²) in [5.41, 5.74) is 2.36. The first kappa shape index (κ1) is 22.1. The van der Waals surface area contributed by atoms with E-state index in [2.05, 4.69) is 4.98 Å². The number of hydrogen-bond donors (Lipinski definition) is 1. The van der Waals surface area contributed by atoms with Crippen molar-refractivity contribution in [1.29, 1.82) is 0 Å². The first-order valence-electron chi connectivity index (χ1n) is 10.6. The molecule has 0 spiro atoms. The van der Waals surface area contributed by atoms with Gasteiger partial charge in [-0.3, -0.25) is 19.5 Å². The Morgan fingerprint density at radius 1 is 1.06 bits per heavy atom. The molecule has 1 amide bonds. The summed E-state index contributed by atoms with van der Waals surface area (Å²) in [6, 6.07) is 18.5. The fourth-order valence-corrected chi connectivity index (χ4v) is 3.88. The van der Waals surface area contributed by atoms with Gasteiger partial charge in [0.2, 0.25) is 0 Å². The van der Waals surface area contributed by atoms with Crippen molar-refractivity contribution in [2.24, 2.45) is 0 Å². The molecule has 0 bridgehead atoms. The number of pyridine rings is 1. The number of rotatable bonds is 6. The zero-order valence-electron chi connectivity index (χ0n) is 18.7. The number of amides is 1. The number of aliphatic hydroxyl groups excluding tert-OH is 1. The topological polar surface area (TPSA) is 83.0 Å². The first-order chi connectivity index (χ1) is 15.9. The average Bonchev–Trinajstić information content (AvgIpc) is 3.10. The van der Waals surface area contributed by atoms with Gasteiger partial charge in [0.1, 0.15) is 17.6 Å². The van der Waals surface area contributed by atoms with E-state index in [0.29, 0.717) is 29.3 Å². The van der Waals surface area contributed by atoms with Gasteiger partial charge in [-0.2, -0.15) is 0 Å². The molecule has 0 radical (unpaired) electrons. The fraction of sp³-hybridized carbons (Fsp3) is 0.192. The molecule has 1 aromatic heterocycles. The van der Waals surface area contributed by atoms with Gasteiger partial charge in [0.25, 0.3) is 11.7 Å². The summed E-state index contributed by atoms with van der Waals surface area (Å²) in [4.78, 5) is 34.1. The van der Waals surface area contributed by atoms with Crippen molar-refractivity contribution >= 4 is 28.8 Å². The predicted octanol–water partition coefficient (Wildman–Crippen LogP) is 4.17. The van der Waals surface area contributed by atoms with Crippen LogP contribution in [0.25, 0.3) is 5.76 Å². The van der Waals surface area contributed by atoms with Crippen LogP contribution in [0.4, 0.5) is 11.4 Å². The van der Waals surface area contributed by atoms with Gasteiger partial charge in [-0.05, 0) is 55.5 Å². The average molecular weight is 444 g/mol. The molecule has 4 rings (SSSR count). The summed E-state index contributed by atoms with van der Waals surface area (Å²) in [6.45, 7) is 2.33. The summed E-state index contributed by atoms with van der Waals surface area (Å²) in [5, 5.41) is 11.2. The third-order valence-electron chi connectivity index (χ3n) is 5.48. The third kappa shape index (κ3) is 4.17. The number of benzene rings is 2. The van der Waals surface area contributed by atoms with Crippen molar-refractivity contribution in [1.82, 2.24) is 4.98 Å². The van der Waals surface area contributed by atoms with E-state index in [-0.39, 0.29) is 11.3 Å². The third-order valence-corrected chi connectivity index (χ3v) is 5.48. The maximum atomic E-state index is 13.2. The largest absolute Gasteiger partial charge is 0.507 e. The maximum absolute atomic E-state index is 13.2. The second kappa shape index (κ2) is 9.16. The minimum atomic E-state index is -0.868. The molecule has 0 saturated carbocycles. The minimum Gasteiger partial charge on any atom is -0.507 e. The standard InChI is InChI=1S/C26H25N3O4/c1-4-33-20-9-7-8-17(16-20)24(30)22-23(21-10-5-6-15-27-21)29(26(32)25(22)31)19-13-11-18(12-14-19)28(2)3/h5-16,23,30H,4H2,1-3H3/b24-22-. The van der Waals surface area contributed by atoms with Crippen LogP contribution >= 0.6 is 0 Å². The van der Waals surface area contributed by atoms with E-state index in [9.17, 15) is 14.7 Å². The summed E-state index contributed by atoms with van der Waals surface area (Å²) >= 11 is 0. The molecular weight excluding hydrogens is 418 g/mol. The van der Waals surface area contributed by atoms with Crippen molar-refractivity contribution in [2.75, 3.05) is 30.5 Å². The van der Waals surface area contributed by atoms with Crippen LogP contribution in [0.5, 0.6) is 5.75 Å². The Morgan fingerprint density at radius 3 is 2.45 bits per heavy atom. The summed E-state index contributed by atoms with van der Waals surface area (Å²) in [7, 11) is 3.84. The van der Waals surface area contributed by atoms with Crippen LogP contribution in [0, 0.1) is 0 Å². The van der Waals surface area contributed by atoms with Gasteiger partial charge in [0.15, 0.2) is 0 Å². The Morgan fingerprint density at radius 2 is 1.82 bits per heavy atom. The number of anilines is 2. The van der Waals surface area contributed by atoms with Crippen LogP contribution < -0.4 is 14.5 Å². The van der Waals surface area contributed by atoms with Crippen LogP contribution in [0.2, 0.25) is 0 Å². The number of carbonyl (C=O) groups excluding carboxylic acids is 2. The van der Waals surface area contributed by atoms with Crippen LogP contribution in [0.15, 0.2) is 78.5 Å². The highest BCUT2D eigenvalue weighted by Crippen LogP contribution is 2.42. The zero-order chi connectivity index (χ0) is 23.5. The molecule has 2 aromatic carbocycles. The molecule has 1 aliphatic heterocycles. The second-order valence-electron chi connectivity index (χ2n) is 7.80. The highest BCUT2D eigenvalue weighted by atomic mass is 16.5. The van der Waals surface area contributed by atoms with Gasteiger partial charge in [-0.25, -0.2) is 0 Å². The molecule has 1 unspecified atom stereocenters. The second-order valence-corrected chi connectivity index (χ2v) is 7.80. The number of carbonyl (C=O) groups is 2. The molecule has 1 aliphatic rings. The van der Waals surface area contributed by atoms with Gasteiger partial charge >= 0.3 is 0 Å². The normalized spacial score (nSPS) is 17.3. The number of ketones is 1. The number of ether oxygens (including phenoxy) is 1. The van der Waals surface area contributed by atoms with Crippen LogP contribution in [0.3, 0.4) is 0 Å². The number of nitrogens with zero attached hydrogens (tertiary/aromatic N) is 3. The molecule has 1 atom stereocenters. The Balaban J connectivity index is 1.88. The lowest BCUT2D eigenvalue weighted by molar-refractivity contribution is -0.132. The molecule has 7 nitrogen and oxygen atoms in total. The van der Waals surface area contributed by atoms with E-state index in [4.69, 9.17) is 4.74 Å². The smallest absolute Gasteiger partial charge is 0.300 e. The SMILES string of the molecule is CCOc1cccc(/C(O)=C2/C(=O)C(=O)N(c3ccc(N(C)C)cc3)C2c2ccccn2)c1. The van der Waals surface area contributed by atoms with E-state index in [1.54, 1.807) is 60.8 Å². The van der Waals surface area contributed by atoms with Gasteiger partial charge in [-0.1, -0.05) is 18.2 Å². The van der Waals surface area contributed by atoms with E-state index >= 15 is 0 Å². The van der Waals surface area contributed by atoms with Crippen molar-refractivity contribution in [2.45, 2.75) is 13.0 Å². The Bertz CT molecular complexity index is 1200. The molecule has 1 N–H and O–H groups in total. The van der Waals surface area contributed by atoms with Gasteiger partial charge in [-0.15, -0.1) is 0 Å². The number of hydrogen-bond acceptors (Lipinski definition) is 6. The molecular formula is C26H25N3O4. The van der Waals surface area contributed by atoms with Crippen molar-refractivity contribution in [3.63, 3.8) is 0 Å². The molecule has 33 heavy (non-hydrogen) atoms. The predicted molar refractivity (Wildman–Crippen MR) is 127 cm³/mol. The van der Waals surface area contributed by atoms with Crippen molar-refractivity contribution < 1.29 is 19.4 Å². The zero-order valence-corrected chi connectivity index (χ0v) is 18.7. The summed E-state index contributed by atoms with van der Waals surface area (Å²) in [5.74, 6) is -1.19. The first-order valence-corrected chi connectivity index (χ1v) is 10.6. The van der Waals surface area contributed by atoms with Crippen molar-refractivity contribution in [3.05, 3.63) is 89.8 Å². The highest BCUT2D eigenvalue weighted by molar-refractivity contribution is 6.51. The highest BCUT2D eigenvalue weighted by Gasteiger charge is 2.47. The molecule has 0 aliphatic carbocycles.